The van der Waals surface area contributed by atoms with Crippen molar-refractivity contribution in [2.45, 2.75) is 39.3 Å². The first-order valence-electron chi connectivity index (χ1n) is 6.94. The summed E-state index contributed by atoms with van der Waals surface area (Å²) in [5, 5.41) is 13.9. The number of carboxylic acids is 1. The lowest BCUT2D eigenvalue weighted by Crippen LogP contribution is -2.53. The summed E-state index contributed by atoms with van der Waals surface area (Å²) in [5.74, 6) is -0.640. The fraction of sp³-hybridized carbons (Fsp3) is 0.769. The summed E-state index contributed by atoms with van der Waals surface area (Å²) in [6.07, 6.45) is 2.20. The number of aliphatic carboxylic acids is 1. The Labute approximate surface area is 129 Å². The number of nitrogens with one attached hydrogen (secondary N) is 2. The van der Waals surface area contributed by atoms with E-state index in [2.05, 4.69) is 10.6 Å². The molecule has 2 atom stereocenters. The molecule has 7 nitrogen and oxygen atoms in total. The first-order valence-corrected chi connectivity index (χ1v) is 8.34. The largest absolute Gasteiger partial charge is 0.480 e. The summed E-state index contributed by atoms with van der Waals surface area (Å²) in [4.78, 5) is 36.4. The van der Waals surface area contributed by atoms with Crippen LogP contribution in [0.2, 0.25) is 0 Å². The highest BCUT2D eigenvalue weighted by molar-refractivity contribution is 7.98. The van der Waals surface area contributed by atoms with Gasteiger partial charge in [-0.3, -0.25) is 4.79 Å². The number of likely N-dealkylation sites (N-methyl/N-ethyl adjacent to an activating group) is 1. The Balaban J connectivity index is 4.45. The predicted octanol–water partition coefficient (Wildman–Crippen LogP) is 0.749. The highest BCUT2D eigenvalue weighted by atomic mass is 32.2. The van der Waals surface area contributed by atoms with Crippen LogP contribution in [0.25, 0.3) is 0 Å². The second-order valence-electron chi connectivity index (χ2n) is 4.52. The number of carbonyl (C=O) groups is 3. The zero-order chi connectivity index (χ0) is 16.4. The summed E-state index contributed by atoms with van der Waals surface area (Å²) in [7, 11) is 0. The monoisotopic (exact) mass is 319 g/mol. The van der Waals surface area contributed by atoms with E-state index in [-0.39, 0.29) is 5.91 Å². The number of rotatable bonds is 9. The third-order valence-corrected chi connectivity index (χ3v) is 3.65. The molecule has 0 aliphatic rings. The maximum Gasteiger partial charge on any atom is 0.326 e. The Bertz CT molecular complexity index is 361. The number of hydrogen-bond acceptors (Lipinski definition) is 4. The van der Waals surface area contributed by atoms with Crippen molar-refractivity contribution >= 4 is 29.7 Å². The Morgan fingerprint density at radius 2 is 1.76 bits per heavy atom. The van der Waals surface area contributed by atoms with Gasteiger partial charge in [0.15, 0.2) is 0 Å². The number of carboxylic acid groups (broad SMARTS) is 1. The lowest BCUT2D eigenvalue weighted by atomic mass is 10.2. The molecular weight excluding hydrogens is 294 g/mol. The molecule has 0 aromatic heterocycles. The Morgan fingerprint density at radius 1 is 1.19 bits per heavy atom. The summed E-state index contributed by atoms with van der Waals surface area (Å²) in [6.45, 7) is 6.43. The Kier molecular flexibility index (Phi) is 9.60. The van der Waals surface area contributed by atoms with Crippen LogP contribution in [0.1, 0.15) is 27.2 Å². The van der Waals surface area contributed by atoms with Crippen LogP contribution in [-0.4, -0.2) is 65.1 Å². The van der Waals surface area contributed by atoms with Gasteiger partial charge in [0.25, 0.3) is 0 Å². The van der Waals surface area contributed by atoms with Crippen LogP contribution in [-0.2, 0) is 9.59 Å². The van der Waals surface area contributed by atoms with Crippen LogP contribution in [0, 0.1) is 0 Å². The van der Waals surface area contributed by atoms with Crippen molar-refractivity contribution in [2.75, 3.05) is 25.1 Å². The number of nitrogens with zero attached hydrogens (tertiary/aromatic N) is 1. The summed E-state index contributed by atoms with van der Waals surface area (Å²) in [6, 6.07) is -2.29. The van der Waals surface area contributed by atoms with Gasteiger partial charge >= 0.3 is 12.0 Å². The molecule has 21 heavy (non-hydrogen) atoms. The zero-order valence-corrected chi connectivity index (χ0v) is 13.8. The number of thioether (sulfide) groups is 1. The summed E-state index contributed by atoms with van der Waals surface area (Å²) in [5.41, 5.74) is 0. The molecule has 3 amide bonds. The van der Waals surface area contributed by atoms with Crippen molar-refractivity contribution in [3.8, 4) is 0 Å². The molecule has 122 valence electrons. The second-order valence-corrected chi connectivity index (χ2v) is 5.51. The zero-order valence-electron chi connectivity index (χ0n) is 13.0. The van der Waals surface area contributed by atoms with Gasteiger partial charge < -0.3 is 20.6 Å². The van der Waals surface area contributed by atoms with E-state index < -0.39 is 24.1 Å². The first kappa shape index (κ1) is 19.6. The van der Waals surface area contributed by atoms with E-state index in [9.17, 15) is 14.4 Å². The number of hydrogen-bond donors (Lipinski definition) is 3. The van der Waals surface area contributed by atoms with Gasteiger partial charge in [-0.25, -0.2) is 9.59 Å². The fourth-order valence-electron chi connectivity index (χ4n) is 1.76. The predicted molar refractivity (Wildman–Crippen MR) is 83.5 cm³/mol. The van der Waals surface area contributed by atoms with Gasteiger partial charge in [0.1, 0.15) is 12.1 Å². The summed E-state index contributed by atoms with van der Waals surface area (Å²) >= 11 is 1.51. The van der Waals surface area contributed by atoms with E-state index in [1.807, 2.05) is 20.1 Å². The van der Waals surface area contributed by atoms with Crippen LogP contribution in [0.5, 0.6) is 0 Å². The van der Waals surface area contributed by atoms with Crippen LogP contribution in [0.15, 0.2) is 0 Å². The van der Waals surface area contributed by atoms with Crippen molar-refractivity contribution in [1.82, 2.24) is 15.5 Å². The average molecular weight is 319 g/mol. The lowest BCUT2D eigenvalue weighted by Gasteiger charge is -2.24. The van der Waals surface area contributed by atoms with Crippen LogP contribution in [0.4, 0.5) is 4.79 Å². The normalized spacial score (nSPS) is 13.1. The van der Waals surface area contributed by atoms with E-state index >= 15 is 0 Å². The molecule has 0 aliphatic carbocycles. The molecule has 3 N–H and O–H groups in total. The molecule has 0 saturated heterocycles. The van der Waals surface area contributed by atoms with E-state index in [1.165, 1.54) is 11.8 Å². The number of urea groups is 1. The molecule has 2 unspecified atom stereocenters. The molecule has 0 fully saturated rings. The maximum atomic E-state index is 12.0. The molecule has 0 saturated carbocycles. The molecule has 8 heteroatoms. The minimum atomic E-state index is -1.08. The van der Waals surface area contributed by atoms with Gasteiger partial charge in [-0.2, -0.15) is 11.8 Å². The van der Waals surface area contributed by atoms with E-state index in [0.29, 0.717) is 25.3 Å². The van der Waals surface area contributed by atoms with Crippen molar-refractivity contribution in [2.24, 2.45) is 0 Å². The summed E-state index contributed by atoms with van der Waals surface area (Å²) < 4.78 is 0. The number of carbonyl (C=O) groups excluding carboxylic acids is 2. The topological polar surface area (TPSA) is 98.7 Å². The smallest absolute Gasteiger partial charge is 0.326 e. The van der Waals surface area contributed by atoms with Gasteiger partial charge in [0.2, 0.25) is 5.91 Å². The standard InChI is InChI=1S/C13H25N3O4S/c1-5-16(6-2)11(17)9(3)14-13(20)15-10(12(18)19)7-8-21-4/h9-10H,5-8H2,1-4H3,(H,18,19)(H2,14,15,20). The highest BCUT2D eigenvalue weighted by Crippen LogP contribution is 2.01. The third kappa shape index (κ3) is 7.22. The van der Waals surface area contributed by atoms with Crippen molar-refractivity contribution < 1.29 is 19.5 Å². The molecule has 0 radical (unpaired) electrons. The van der Waals surface area contributed by atoms with E-state index in [4.69, 9.17) is 5.11 Å². The van der Waals surface area contributed by atoms with Crippen molar-refractivity contribution in [1.29, 1.82) is 0 Å². The van der Waals surface area contributed by atoms with Crippen molar-refractivity contribution in [3.05, 3.63) is 0 Å². The maximum absolute atomic E-state index is 12.0. The van der Waals surface area contributed by atoms with Gasteiger partial charge in [-0.1, -0.05) is 0 Å². The minimum absolute atomic E-state index is 0.189. The van der Waals surface area contributed by atoms with Gasteiger partial charge in [0, 0.05) is 13.1 Å². The average Bonchev–Trinajstić information content (AvgIpc) is 2.44. The Morgan fingerprint density at radius 3 is 2.19 bits per heavy atom. The molecule has 0 aromatic rings. The molecule has 0 rings (SSSR count). The Hall–Kier alpha value is -1.44. The van der Waals surface area contributed by atoms with Crippen LogP contribution in [0.3, 0.4) is 0 Å². The second kappa shape index (κ2) is 10.3. The molecule has 0 aliphatic heterocycles. The first-order chi connectivity index (χ1) is 9.87. The molecule has 0 heterocycles. The van der Waals surface area contributed by atoms with Gasteiger partial charge in [0.05, 0.1) is 0 Å². The molecule has 0 aromatic carbocycles. The van der Waals surface area contributed by atoms with E-state index in [1.54, 1.807) is 11.8 Å². The number of amides is 3. The fourth-order valence-corrected chi connectivity index (χ4v) is 2.23. The minimum Gasteiger partial charge on any atom is -0.480 e. The van der Waals surface area contributed by atoms with Gasteiger partial charge in [-0.15, -0.1) is 0 Å². The van der Waals surface area contributed by atoms with Crippen molar-refractivity contribution in [3.63, 3.8) is 0 Å². The highest BCUT2D eigenvalue weighted by Gasteiger charge is 2.23. The van der Waals surface area contributed by atoms with Gasteiger partial charge in [-0.05, 0) is 39.2 Å². The molecular formula is C13H25N3O4S. The van der Waals surface area contributed by atoms with E-state index in [0.717, 1.165) is 0 Å². The SMILES string of the molecule is CCN(CC)C(=O)C(C)NC(=O)NC(CCSC)C(=O)O. The lowest BCUT2D eigenvalue weighted by molar-refractivity contribution is -0.139. The van der Waals surface area contributed by atoms with Crippen LogP contribution >= 0.6 is 11.8 Å². The molecule has 0 spiro atoms. The quantitative estimate of drug-likeness (QED) is 0.582. The molecule has 0 bridgehead atoms. The van der Waals surface area contributed by atoms with Crippen LogP contribution < -0.4 is 10.6 Å². The third-order valence-electron chi connectivity index (χ3n) is 3.01.